The molecule has 1 heterocycles. The van der Waals surface area contributed by atoms with Crippen LogP contribution in [0.25, 0.3) is 21.9 Å². The van der Waals surface area contributed by atoms with E-state index < -0.39 is 5.91 Å². The van der Waals surface area contributed by atoms with Crippen molar-refractivity contribution in [2.45, 2.75) is 32.1 Å². The number of hydrogen-bond acceptors (Lipinski definition) is 5. The second-order valence-corrected chi connectivity index (χ2v) is 8.49. The van der Waals surface area contributed by atoms with Gasteiger partial charge in [0.25, 0.3) is 5.91 Å². The van der Waals surface area contributed by atoms with Gasteiger partial charge < -0.3 is 19.2 Å². The van der Waals surface area contributed by atoms with Gasteiger partial charge in [-0.15, -0.1) is 0 Å². The SMILES string of the molecule is COc1cc2c(cc1NC(=O)COC(=O)CC1CC3CCC1C3)oc1ccccc12. The quantitative estimate of drug-likeness (QED) is 0.588. The summed E-state index contributed by atoms with van der Waals surface area (Å²) in [6, 6.07) is 11.3. The molecule has 2 aromatic carbocycles. The van der Waals surface area contributed by atoms with Crippen molar-refractivity contribution in [2.75, 3.05) is 19.0 Å². The van der Waals surface area contributed by atoms with Crippen molar-refractivity contribution in [3.8, 4) is 5.75 Å². The van der Waals surface area contributed by atoms with Crippen molar-refractivity contribution in [3.63, 3.8) is 0 Å². The van der Waals surface area contributed by atoms with Gasteiger partial charge in [-0.1, -0.05) is 24.6 Å². The Balaban J connectivity index is 1.23. The number of carbonyl (C=O) groups is 2. The van der Waals surface area contributed by atoms with Crippen LogP contribution < -0.4 is 10.1 Å². The van der Waals surface area contributed by atoms with E-state index in [-0.39, 0.29) is 12.6 Å². The molecule has 5 rings (SSSR count). The zero-order valence-corrected chi connectivity index (χ0v) is 17.0. The maximum atomic E-state index is 12.4. The largest absolute Gasteiger partial charge is 0.495 e. The van der Waals surface area contributed by atoms with Gasteiger partial charge in [-0.05, 0) is 49.1 Å². The first-order valence-corrected chi connectivity index (χ1v) is 10.6. The van der Waals surface area contributed by atoms with Crippen molar-refractivity contribution >= 4 is 39.5 Å². The van der Waals surface area contributed by atoms with E-state index in [0.29, 0.717) is 35.3 Å². The molecule has 2 aliphatic carbocycles. The Morgan fingerprint density at radius 1 is 1.10 bits per heavy atom. The number of ether oxygens (including phenoxy) is 2. The Hall–Kier alpha value is -3.02. The molecule has 2 fully saturated rings. The highest BCUT2D eigenvalue weighted by molar-refractivity contribution is 6.07. The van der Waals surface area contributed by atoms with Crippen LogP contribution in [0.3, 0.4) is 0 Å². The molecule has 0 saturated heterocycles. The van der Waals surface area contributed by atoms with Crippen LogP contribution in [0.5, 0.6) is 5.75 Å². The molecule has 6 nitrogen and oxygen atoms in total. The third-order valence-electron chi connectivity index (χ3n) is 6.65. The average Bonchev–Trinajstić information content (AvgIpc) is 3.45. The summed E-state index contributed by atoms with van der Waals surface area (Å²) in [7, 11) is 1.55. The van der Waals surface area contributed by atoms with E-state index in [0.717, 1.165) is 28.7 Å². The summed E-state index contributed by atoms with van der Waals surface area (Å²) in [6.45, 7) is -0.305. The molecular weight excluding hydrogens is 382 g/mol. The van der Waals surface area contributed by atoms with Gasteiger partial charge in [0.05, 0.1) is 12.8 Å². The van der Waals surface area contributed by atoms with Crippen LogP contribution in [0.2, 0.25) is 0 Å². The molecule has 6 heteroatoms. The standard InChI is InChI=1S/C24H25NO5/c1-28-22-11-18-17-4-2-3-5-20(17)30-21(18)12-19(22)25-23(26)13-29-24(27)10-16-9-14-6-7-15(16)8-14/h2-5,11-12,14-16H,6-10,13H2,1H3,(H,25,26). The van der Waals surface area contributed by atoms with Gasteiger partial charge in [-0.3, -0.25) is 9.59 Å². The maximum Gasteiger partial charge on any atom is 0.306 e. The van der Waals surface area contributed by atoms with E-state index in [4.69, 9.17) is 13.9 Å². The zero-order valence-electron chi connectivity index (χ0n) is 17.0. The summed E-state index contributed by atoms with van der Waals surface area (Å²) in [6.07, 6.45) is 5.33. The van der Waals surface area contributed by atoms with Crippen molar-refractivity contribution in [1.82, 2.24) is 0 Å². The zero-order chi connectivity index (χ0) is 20.7. The lowest BCUT2D eigenvalue weighted by molar-refractivity contribution is -0.148. The molecule has 3 unspecified atom stereocenters. The smallest absolute Gasteiger partial charge is 0.306 e. The van der Waals surface area contributed by atoms with Crippen molar-refractivity contribution in [1.29, 1.82) is 0 Å². The Morgan fingerprint density at radius 3 is 2.73 bits per heavy atom. The fraction of sp³-hybridized carbons (Fsp3) is 0.417. The summed E-state index contributed by atoms with van der Waals surface area (Å²) in [5.74, 6) is 1.71. The Labute approximate surface area is 174 Å². The van der Waals surface area contributed by atoms with E-state index in [2.05, 4.69) is 5.32 Å². The lowest BCUT2D eigenvalue weighted by Gasteiger charge is -2.20. The maximum absolute atomic E-state index is 12.4. The molecule has 2 bridgehead atoms. The molecule has 1 aromatic heterocycles. The van der Waals surface area contributed by atoms with E-state index >= 15 is 0 Å². The van der Waals surface area contributed by atoms with Gasteiger partial charge in [-0.2, -0.15) is 0 Å². The minimum absolute atomic E-state index is 0.289. The van der Waals surface area contributed by atoms with Gasteiger partial charge in [0.2, 0.25) is 0 Å². The summed E-state index contributed by atoms with van der Waals surface area (Å²) < 4.78 is 16.6. The number of carbonyl (C=O) groups excluding carboxylic acids is 2. The fourth-order valence-corrected chi connectivity index (χ4v) is 5.25. The number of furan rings is 1. The molecule has 3 atom stereocenters. The Kier molecular flexibility index (Phi) is 4.85. The number of amides is 1. The molecule has 2 aliphatic rings. The fourth-order valence-electron chi connectivity index (χ4n) is 5.25. The molecule has 2 saturated carbocycles. The van der Waals surface area contributed by atoms with Crippen molar-refractivity contribution in [3.05, 3.63) is 36.4 Å². The molecule has 30 heavy (non-hydrogen) atoms. The summed E-state index contributed by atoms with van der Waals surface area (Å²) >= 11 is 0. The monoisotopic (exact) mass is 407 g/mol. The highest BCUT2D eigenvalue weighted by Crippen LogP contribution is 2.49. The molecule has 0 spiro atoms. The first-order valence-electron chi connectivity index (χ1n) is 10.6. The van der Waals surface area contributed by atoms with Gasteiger partial charge in [0.1, 0.15) is 16.9 Å². The van der Waals surface area contributed by atoms with E-state index in [1.54, 1.807) is 13.2 Å². The predicted molar refractivity (Wildman–Crippen MR) is 113 cm³/mol. The number of nitrogens with one attached hydrogen (secondary N) is 1. The Morgan fingerprint density at radius 2 is 1.97 bits per heavy atom. The second kappa shape index (κ2) is 7.67. The lowest BCUT2D eigenvalue weighted by Crippen LogP contribution is -2.23. The minimum Gasteiger partial charge on any atom is -0.495 e. The number of methoxy groups -OCH3 is 1. The first-order chi connectivity index (χ1) is 14.6. The highest BCUT2D eigenvalue weighted by Gasteiger charge is 2.40. The van der Waals surface area contributed by atoms with Crippen LogP contribution in [0.15, 0.2) is 40.8 Å². The first kappa shape index (κ1) is 19.0. The van der Waals surface area contributed by atoms with Crippen LogP contribution in [-0.2, 0) is 14.3 Å². The topological polar surface area (TPSA) is 77.8 Å². The Bertz CT molecular complexity index is 1120. The number of benzene rings is 2. The highest BCUT2D eigenvalue weighted by atomic mass is 16.5. The molecule has 156 valence electrons. The third-order valence-corrected chi connectivity index (χ3v) is 6.65. The third kappa shape index (κ3) is 3.51. The van der Waals surface area contributed by atoms with E-state index in [9.17, 15) is 9.59 Å². The second-order valence-electron chi connectivity index (χ2n) is 8.49. The molecule has 1 N–H and O–H groups in total. The number of esters is 1. The van der Waals surface area contributed by atoms with Crippen LogP contribution in [0.1, 0.15) is 32.1 Å². The van der Waals surface area contributed by atoms with E-state index in [1.165, 1.54) is 19.3 Å². The van der Waals surface area contributed by atoms with Gasteiger partial charge >= 0.3 is 5.97 Å². The minimum atomic E-state index is -0.398. The summed E-state index contributed by atoms with van der Waals surface area (Å²) in [5, 5.41) is 4.67. The predicted octanol–water partition coefficient (Wildman–Crippen LogP) is 4.90. The van der Waals surface area contributed by atoms with Crippen LogP contribution in [0.4, 0.5) is 5.69 Å². The summed E-state index contributed by atoms with van der Waals surface area (Å²) in [4.78, 5) is 24.6. The molecule has 0 radical (unpaired) electrons. The number of hydrogen-bond donors (Lipinski definition) is 1. The number of rotatable bonds is 6. The molecule has 3 aromatic rings. The van der Waals surface area contributed by atoms with Crippen LogP contribution in [-0.4, -0.2) is 25.6 Å². The number of anilines is 1. The average molecular weight is 407 g/mol. The van der Waals surface area contributed by atoms with Gasteiger partial charge in [0.15, 0.2) is 6.61 Å². The molecule has 1 amide bonds. The van der Waals surface area contributed by atoms with E-state index in [1.807, 2.05) is 30.3 Å². The van der Waals surface area contributed by atoms with Crippen molar-refractivity contribution in [2.24, 2.45) is 17.8 Å². The van der Waals surface area contributed by atoms with Gasteiger partial charge in [0, 0.05) is 23.3 Å². The van der Waals surface area contributed by atoms with Crippen molar-refractivity contribution < 1.29 is 23.5 Å². The lowest BCUT2D eigenvalue weighted by atomic mass is 9.86. The number of para-hydroxylation sites is 1. The summed E-state index contributed by atoms with van der Waals surface area (Å²) in [5.41, 5.74) is 1.91. The number of fused-ring (bicyclic) bond motifs is 5. The van der Waals surface area contributed by atoms with Gasteiger partial charge in [-0.25, -0.2) is 0 Å². The molecular formula is C24H25NO5. The van der Waals surface area contributed by atoms with Crippen LogP contribution in [0, 0.1) is 17.8 Å². The normalized spacial score (nSPS) is 22.5. The van der Waals surface area contributed by atoms with Crippen LogP contribution >= 0.6 is 0 Å². The molecule has 0 aliphatic heterocycles.